The normalized spacial score (nSPS) is 15.2. The zero-order chi connectivity index (χ0) is 16.7. The van der Waals surface area contributed by atoms with Crippen LogP contribution < -0.4 is 4.90 Å². The molecule has 0 saturated carbocycles. The van der Waals surface area contributed by atoms with Crippen LogP contribution in [0, 0.1) is 5.82 Å². The van der Waals surface area contributed by atoms with Crippen molar-refractivity contribution < 1.29 is 19.1 Å². The summed E-state index contributed by atoms with van der Waals surface area (Å²) in [5, 5.41) is 9.44. The van der Waals surface area contributed by atoms with E-state index in [2.05, 4.69) is 0 Å². The van der Waals surface area contributed by atoms with E-state index in [1.54, 1.807) is 24.3 Å². The minimum absolute atomic E-state index is 0.0298. The molecule has 1 heterocycles. The van der Waals surface area contributed by atoms with Crippen LogP contribution in [0.1, 0.15) is 11.1 Å². The minimum Gasteiger partial charge on any atom is -0.464 e. The van der Waals surface area contributed by atoms with Crippen LogP contribution in [0.15, 0.2) is 36.4 Å². The first-order valence-electron chi connectivity index (χ1n) is 6.42. The number of carbonyl (C=O) groups is 2. The Morgan fingerprint density at radius 1 is 1.22 bits per heavy atom. The van der Waals surface area contributed by atoms with E-state index in [0.717, 1.165) is 12.1 Å². The molecule has 4 nitrogen and oxygen atoms in total. The van der Waals surface area contributed by atoms with Gasteiger partial charge in [-0.15, -0.1) is 0 Å². The van der Waals surface area contributed by atoms with Crippen molar-refractivity contribution in [3.05, 3.63) is 63.4 Å². The maximum atomic E-state index is 13.7. The van der Waals surface area contributed by atoms with Gasteiger partial charge in [0, 0.05) is 10.6 Å². The smallest absolute Gasteiger partial charge is 0.419 e. The van der Waals surface area contributed by atoms with Gasteiger partial charge >= 0.3 is 6.09 Å². The number of rotatable bonds is 1. The zero-order valence-electron chi connectivity index (χ0n) is 11.4. The third-order valence-corrected chi connectivity index (χ3v) is 3.88. The fraction of sp³-hybridized carbons (Fsp3) is 0. The van der Waals surface area contributed by atoms with Gasteiger partial charge in [0.1, 0.15) is 5.82 Å². The number of halogens is 3. The minimum atomic E-state index is -1.46. The molecule has 2 amide bonds. The first-order valence-corrected chi connectivity index (χ1v) is 7.18. The monoisotopic (exact) mass is 351 g/mol. The average Bonchev–Trinajstić information content (AvgIpc) is 2.72. The Labute approximate surface area is 140 Å². The number of amides is 2. The number of imide groups is 1. The SMILES string of the molecule is O=C(O)N1C(=O)/C(=C\c2cccc(Cl)c2)c2cc(F)c(Cl)cc21. The molecular formula is C16H8Cl2FNO3. The van der Waals surface area contributed by atoms with E-state index < -0.39 is 17.8 Å². The van der Waals surface area contributed by atoms with E-state index in [0.29, 0.717) is 15.5 Å². The van der Waals surface area contributed by atoms with Crippen LogP contribution in [-0.4, -0.2) is 17.1 Å². The molecule has 0 fully saturated rings. The van der Waals surface area contributed by atoms with Crippen molar-refractivity contribution in [2.45, 2.75) is 0 Å². The van der Waals surface area contributed by atoms with Crippen LogP contribution in [0.25, 0.3) is 11.6 Å². The van der Waals surface area contributed by atoms with Crippen molar-refractivity contribution >= 4 is 52.5 Å². The molecule has 1 N–H and O–H groups in total. The molecule has 1 aliphatic heterocycles. The Morgan fingerprint density at radius 2 is 1.96 bits per heavy atom. The van der Waals surface area contributed by atoms with E-state index in [9.17, 15) is 19.1 Å². The molecule has 0 spiro atoms. The molecular weight excluding hydrogens is 344 g/mol. The van der Waals surface area contributed by atoms with Gasteiger partial charge in [0.15, 0.2) is 0 Å². The van der Waals surface area contributed by atoms with Crippen molar-refractivity contribution in [3.8, 4) is 0 Å². The molecule has 0 saturated heterocycles. The molecule has 0 aromatic heterocycles. The predicted molar refractivity (Wildman–Crippen MR) is 86.2 cm³/mol. The lowest BCUT2D eigenvalue weighted by molar-refractivity contribution is -0.112. The van der Waals surface area contributed by atoms with Crippen molar-refractivity contribution in [1.82, 2.24) is 0 Å². The maximum absolute atomic E-state index is 13.7. The van der Waals surface area contributed by atoms with Crippen LogP contribution in [-0.2, 0) is 4.79 Å². The van der Waals surface area contributed by atoms with Gasteiger partial charge in [-0.2, -0.15) is 0 Å². The lowest BCUT2D eigenvalue weighted by Gasteiger charge is -2.10. The van der Waals surface area contributed by atoms with E-state index in [1.165, 1.54) is 6.08 Å². The van der Waals surface area contributed by atoms with Gasteiger partial charge in [-0.25, -0.2) is 14.1 Å². The first-order chi connectivity index (χ1) is 10.9. The summed E-state index contributed by atoms with van der Waals surface area (Å²) >= 11 is 11.6. The van der Waals surface area contributed by atoms with E-state index >= 15 is 0 Å². The van der Waals surface area contributed by atoms with Crippen LogP contribution in [0.2, 0.25) is 10.0 Å². The number of hydrogen-bond donors (Lipinski definition) is 1. The molecule has 0 atom stereocenters. The fourth-order valence-corrected chi connectivity index (χ4v) is 2.73. The molecule has 23 heavy (non-hydrogen) atoms. The van der Waals surface area contributed by atoms with Gasteiger partial charge < -0.3 is 5.11 Å². The molecule has 116 valence electrons. The molecule has 0 radical (unpaired) electrons. The van der Waals surface area contributed by atoms with Crippen molar-refractivity contribution in [2.24, 2.45) is 0 Å². The summed E-state index contributed by atoms with van der Waals surface area (Å²) in [4.78, 5) is 24.3. The highest BCUT2D eigenvalue weighted by Crippen LogP contribution is 2.40. The van der Waals surface area contributed by atoms with Gasteiger partial charge in [0.05, 0.1) is 16.3 Å². The Balaban J connectivity index is 2.22. The molecule has 2 aromatic carbocycles. The van der Waals surface area contributed by atoms with Crippen molar-refractivity contribution in [1.29, 1.82) is 0 Å². The van der Waals surface area contributed by atoms with E-state index in [1.807, 2.05) is 0 Å². The molecule has 0 bridgehead atoms. The maximum Gasteiger partial charge on any atom is 0.419 e. The third kappa shape index (κ3) is 2.69. The number of nitrogens with zero attached hydrogens (tertiary/aromatic N) is 1. The second kappa shape index (κ2) is 5.68. The van der Waals surface area contributed by atoms with Gasteiger partial charge in [0.25, 0.3) is 5.91 Å². The van der Waals surface area contributed by atoms with Crippen molar-refractivity contribution in [3.63, 3.8) is 0 Å². The number of fused-ring (bicyclic) bond motifs is 1. The Kier molecular flexibility index (Phi) is 3.83. The predicted octanol–water partition coefficient (Wildman–Crippen LogP) is 4.70. The molecule has 2 aromatic rings. The molecule has 3 rings (SSSR count). The van der Waals surface area contributed by atoms with Gasteiger partial charge in [0.2, 0.25) is 0 Å². The third-order valence-electron chi connectivity index (χ3n) is 3.35. The number of benzene rings is 2. The standard InChI is InChI=1S/C16H8Cl2FNO3/c17-9-3-1-2-8(4-9)5-11-10-6-13(19)12(18)7-14(10)20(15(11)21)16(22)23/h1-7H,(H,22,23)/b11-5-. The fourth-order valence-electron chi connectivity index (χ4n) is 2.37. The van der Waals surface area contributed by atoms with Gasteiger partial charge in [-0.3, -0.25) is 4.79 Å². The number of hydrogen-bond acceptors (Lipinski definition) is 2. The topological polar surface area (TPSA) is 57.6 Å². The van der Waals surface area contributed by atoms with Gasteiger partial charge in [-0.05, 0) is 35.9 Å². The summed E-state index contributed by atoms with van der Waals surface area (Å²) in [6.45, 7) is 0. The summed E-state index contributed by atoms with van der Waals surface area (Å²) in [6, 6.07) is 8.83. The second-order valence-corrected chi connectivity index (χ2v) is 5.66. The van der Waals surface area contributed by atoms with E-state index in [4.69, 9.17) is 23.2 Å². The highest BCUT2D eigenvalue weighted by molar-refractivity contribution is 6.42. The summed E-state index contributed by atoms with van der Waals surface area (Å²) in [6.07, 6.45) is -0.00279. The quantitative estimate of drug-likeness (QED) is 0.757. The Hall–Kier alpha value is -2.37. The zero-order valence-corrected chi connectivity index (χ0v) is 12.9. The number of carboxylic acid groups (broad SMARTS) is 1. The van der Waals surface area contributed by atoms with Gasteiger partial charge in [-0.1, -0.05) is 35.3 Å². The van der Waals surface area contributed by atoms with E-state index in [-0.39, 0.29) is 21.8 Å². The number of anilines is 1. The average molecular weight is 352 g/mol. The van der Waals surface area contributed by atoms with Crippen LogP contribution in [0.5, 0.6) is 0 Å². The first kappa shape index (κ1) is 15.5. The van der Waals surface area contributed by atoms with Crippen molar-refractivity contribution in [2.75, 3.05) is 4.90 Å². The lowest BCUT2D eigenvalue weighted by Crippen LogP contribution is -2.31. The largest absolute Gasteiger partial charge is 0.464 e. The lowest BCUT2D eigenvalue weighted by atomic mass is 10.0. The van der Waals surface area contributed by atoms with Crippen LogP contribution >= 0.6 is 23.2 Å². The molecule has 0 aliphatic carbocycles. The second-order valence-electron chi connectivity index (χ2n) is 4.82. The molecule has 7 heteroatoms. The Bertz CT molecular complexity index is 880. The summed E-state index contributed by atoms with van der Waals surface area (Å²) in [7, 11) is 0. The summed E-state index contributed by atoms with van der Waals surface area (Å²) in [5.74, 6) is -1.50. The Morgan fingerprint density at radius 3 is 2.61 bits per heavy atom. The molecule has 0 unspecified atom stereocenters. The number of carbonyl (C=O) groups excluding carboxylic acids is 1. The highest BCUT2D eigenvalue weighted by atomic mass is 35.5. The summed E-state index contributed by atoms with van der Waals surface area (Å²) < 4.78 is 13.7. The molecule has 1 aliphatic rings. The van der Waals surface area contributed by atoms with Crippen LogP contribution in [0.4, 0.5) is 14.9 Å². The van der Waals surface area contributed by atoms with Crippen LogP contribution in [0.3, 0.4) is 0 Å². The summed E-state index contributed by atoms with van der Waals surface area (Å²) in [5.41, 5.74) is 0.844. The highest BCUT2D eigenvalue weighted by Gasteiger charge is 2.37.